The molecule has 0 spiro atoms. The van der Waals surface area contributed by atoms with Gasteiger partial charge in [-0.2, -0.15) is 0 Å². The van der Waals surface area contributed by atoms with Gasteiger partial charge < -0.3 is 20.6 Å². The minimum absolute atomic E-state index is 0.137. The number of carboxylic acids is 1. The lowest BCUT2D eigenvalue weighted by molar-refractivity contribution is -0.141. The molecule has 0 radical (unpaired) electrons. The first kappa shape index (κ1) is 15.3. The van der Waals surface area contributed by atoms with Crippen molar-refractivity contribution in [3.05, 3.63) is 0 Å². The quantitative estimate of drug-likeness (QED) is 0.748. The van der Waals surface area contributed by atoms with Crippen LogP contribution >= 0.6 is 0 Å². The van der Waals surface area contributed by atoms with Crippen molar-refractivity contribution < 1.29 is 19.5 Å². The second kappa shape index (κ2) is 5.46. The Labute approximate surface area is 112 Å². The van der Waals surface area contributed by atoms with Crippen molar-refractivity contribution in [1.29, 1.82) is 0 Å². The van der Waals surface area contributed by atoms with Gasteiger partial charge in [0.25, 0.3) is 0 Å². The van der Waals surface area contributed by atoms with Crippen LogP contribution in [0.3, 0.4) is 0 Å². The second-order valence-corrected chi connectivity index (χ2v) is 5.50. The molecule has 1 heterocycles. The van der Waals surface area contributed by atoms with Gasteiger partial charge in [0, 0.05) is 26.7 Å². The number of hydrogen-bond donors (Lipinski definition) is 2. The van der Waals surface area contributed by atoms with E-state index >= 15 is 0 Å². The number of urea groups is 1. The molecule has 0 saturated carbocycles. The molecule has 108 valence electrons. The van der Waals surface area contributed by atoms with E-state index < -0.39 is 23.2 Å². The van der Waals surface area contributed by atoms with E-state index in [0.29, 0.717) is 13.0 Å². The highest BCUT2D eigenvalue weighted by Gasteiger charge is 2.41. The SMILES string of the molecule is CC(CN(C)C(=O)N1CCC(C)(C(N)=O)C1)C(=O)O. The Bertz CT molecular complexity index is 398. The summed E-state index contributed by atoms with van der Waals surface area (Å²) in [5.41, 5.74) is 4.64. The maximum Gasteiger partial charge on any atom is 0.319 e. The Morgan fingerprint density at radius 3 is 2.47 bits per heavy atom. The van der Waals surface area contributed by atoms with Gasteiger partial charge in [-0.05, 0) is 13.3 Å². The number of amides is 3. The van der Waals surface area contributed by atoms with Crippen LogP contribution in [-0.2, 0) is 9.59 Å². The van der Waals surface area contributed by atoms with Gasteiger partial charge in [0.15, 0.2) is 0 Å². The molecule has 0 bridgehead atoms. The molecule has 2 unspecified atom stereocenters. The molecule has 3 N–H and O–H groups in total. The maximum atomic E-state index is 12.1. The van der Waals surface area contributed by atoms with Crippen molar-refractivity contribution in [2.45, 2.75) is 20.3 Å². The third-order valence-corrected chi connectivity index (χ3v) is 3.63. The monoisotopic (exact) mass is 271 g/mol. The molecule has 0 aromatic carbocycles. The van der Waals surface area contributed by atoms with Crippen LogP contribution in [0.2, 0.25) is 0 Å². The van der Waals surface area contributed by atoms with Crippen LogP contribution in [0.15, 0.2) is 0 Å². The molecule has 1 fully saturated rings. The average molecular weight is 271 g/mol. The van der Waals surface area contributed by atoms with E-state index in [-0.39, 0.29) is 19.1 Å². The van der Waals surface area contributed by atoms with Crippen LogP contribution in [0.1, 0.15) is 20.3 Å². The first-order valence-electron chi connectivity index (χ1n) is 6.20. The lowest BCUT2D eigenvalue weighted by Gasteiger charge is -2.27. The predicted molar refractivity (Wildman–Crippen MR) is 68.3 cm³/mol. The summed E-state index contributed by atoms with van der Waals surface area (Å²) in [6.45, 7) is 4.17. The molecular weight excluding hydrogens is 250 g/mol. The fourth-order valence-electron chi connectivity index (χ4n) is 2.13. The smallest absolute Gasteiger partial charge is 0.319 e. The van der Waals surface area contributed by atoms with Crippen molar-refractivity contribution in [2.24, 2.45) is 17.1 Å². The van der Waals surface area contributed by atoms with Gasteiger partial charge in [-0.15, -0.1) is 0 Å². The summed E-state index contributed by atoms with van der Waals surface area (Å²) >= 11 is 0. The first-order chi connectivity index (χ1) is 8.67. The van der Waals surface area contributed by atoms with Crippen LogP contribution in [0, 0.1) is 11.3 Å². The van der Waals surface area contributed by atoms with Crippen molar-refractivity contribution in [3.63, 3.8) is 0 Å². The number of nitrogens with zero attached hydrogens (tertiary/aromatic N) is 2. The zero-order valence-electron chi connectivity index (χ0n) is 11.5. The molecule has 1 saturated heterocycles. The van der Waals surface area contributed by atoms with E-state index in [1.807, 2.05) is 0 Å². The normalized spacial score (nSPS) is 24.1. The maximum absolute atomic E-state index is 12.1. The summed E-state index contributed by atoms with van der Waals surface area (Å²) in [5, 5.41) is 8.82. The Hall–Kier alpha value is -1.79. The summed E-state index contributed by atoms with van der Waals surface area (Å²) < 4.78 is 0. The minimum Gasteiger partial charge on any atom is -0.481 e. The lowest BCUT2D eigenvalue weighted by atomic mass is 9.89. The number of carbonyl (C=O) groups is 3. The Kier molecular flexibility index (Phi) is 4.39. The van der Waals surface area contributed by atoms with Gasteiger partial charge in [-0.25, -0.2) is 4.79 Å². The summed E-state index contributed by atoms with van der Waals surface area (Å²) in [4.78, 5) is 37.1. The molecule has 0 aliphatic carbocycles. The highest BCUT2D eigenvalue weighted by Crippen LogP contribution is 2.29. The fourth-order valence-corrected chi connectivity index (χ4v) is 2.13. The molecular formula is C12H21N3O4. The lowest BCUT2D eigenvalue weighted by Crippen LogP contribution is -2.44. The second-order valence-electron chi connectivity index (χ2n) is 5.50. The topological polar surface area (TPSA) is 104 Å². The van der Waals surface area contributed by atoms with Crippen molar-refractivity contribution in [1.82, 2.24) is 9.80 Å². The third-order valence-electron chi connectivity index (χ3n) is 3.63. The highest BCUT2D eigenvalue weighted by atomic mass is 16.4. The van der Waals surface area contributed by atoms with E-state index in [4.69, 9.17) is 10.8 Å². The summed E-state index contributed by atoms with van der Waals surface area (Å²) in [5.74, 6) is -1.98. The van der Waals surface area contributed by atoms with Crippen LogP contribution < -0.4 is 5.73 Å². The van der Waals surface area contributed by atoms with Gasteiger partial charge in [-0.1, -0.05) is 6.92 Å². The Morgan fingerprint density at radius 1 is 1.47 bits per heavy atom. The molecule has 7 nitrogen and oxygen atoms in total. The molecule has 7 heteroatoms. The minimum atomic E-state index is -0.942. The number of nitrogens with two attached hydrogens (primary N) is 1. The van der Waals surface area contributed by atoms with Crippen LogP contribution in [-0.4, -0.2) is 59.5 Å². The number of primary amides is 1. The third kappa shape index (κ3) is 3.36. The van der Waals surface area contributed by atoms with Gasteiger partial charge in [0.05, 0.1) is 11.3 Å². The van der Waals surface area contributed by atoms with E-state index in [0.717, 1.165) is 0 Å². The molecule has 1 aliphatic heterocycles. The number of carboxylic acid groups (broad SMARTS) is 1. The Balaban J connectivity index is 2.60. The van der Waals surface area contributed by atoms with E-state index in [1.165, 1.54) is 4.90 Å². The Morgan fingerprint density at radius 2 is 2.05 bits per heavy atom. The van der Waals surface area contributed by atoms with E-state index in [1.54, 1.807) is 25.8 Å². The standard InChI is InChI=1S/C12H21N3O4/c1-8(9(16)17)6-14(3)11(19)15-5-4-12(2,7-15)10(13)18/h8H,4-7H2,1-3H3,(H2,13,18)(H,16,17). The number of carbonyl (C=O) groups excluding carboxylic acids is 2. The predicted octanol–water partition coefficient (Wildman–Crippen LogP) is -0.0438. The van der Waals surface area contributed by atoms with E-state index in [2.05, 4.69) is 0 Å². The molecule has 1 rings (SSSR count). The van der Waals surface area contributed by atoms with Gasteiger partial charge >= 0.3 is 12.0 Å². The summed E-state index contributed by atoms with van der Waals surface area (Å²) in [7, 11) is 1.56. The fraction of sp³-hybridized carbons (Fsp3) is 0.750. The number of likely N-dealkylation sites (tertiary alicyclic amines) is 1. The molecule has 2 atom stereocenters. The van der Waals surface area contributed by atoms with Gasteiger partial charge in [0.1, 0.15) is 0 Å². The zero-order chi connectivity index (χ0) is 14.8. The molecule has 0 aromatic heterocycles. The van der Waals surface area contributed by atoms with Crippen LogP contribution in [0.4, 0.5) is 4.79 Å². The first-order valence-corrected chi connectivity index (χ1v) is 6.20. The number of aliphatic carboxylic acids is 1. The molecule has 19 heavy (non-hydrogen) atoms. The largest absolute Gasteiger partial charge is 0.481 e. The average Bonchev–Trinajstić information content (AvgIpc) is 2.72. The van der Waals surface area contributed by atoms with Crippen LogP contribution in [0.25, 0.3) is 0 Å². The van der Waals surface area contributed by atoms with Crippen LogP contribution in [0.5, 0.6) is 0 Å². The molecule has 1 aliphatic rings. The van der Waals surface area contributed by atoms with E-state index in [9.17, 15) is 14.4 Å². The van der Waals surface area contributed by atoms with Gasteiger partial charge in [-0.3, -0.25) is 9.59 Å². The summed E-state index contributed by atoms with van der Waals surface area (Å²) in [6, 6.07) is -0.266. The van der Waals surface area contributed by atoms with Crippen molar-refractivity contribution >= 4 is 17.9 Å². The van der Waals surface area contributed by atoms with Crippen molar-refractivity contribution in [3.8, 4) is 0 Å². The highest BCUT2D eigenvalue weighted by molar-refractivity contribution is 5.83. The zero-order valence-corrected chi connectivity index (χ0v) is 11.5. The number of rotatable bonds is 4. The van der Waals surface area contributed by atoms with Gasteiger partial charge in [0.2, 0.25) is 5.91 Å². The van der Waals surface area contributed by atoms with Crippen molar-refractivity contribution in [2.75, 3.05) is 26.7 Å². The number of hydrogen-bond acceptors (Lipinski definition) is 3. The summed E-state index contributed by atoms with van der Waals surface area (Å²) in [6.07, 6.45) is 0.538. The molecule has 0 aromatic rings. The molecule has 3 amide bonds.